The summed E-state index contributed by atoms with van der Waals surface area (Å²) in [5.74, 6) is -0.0416. The molecule has 1 amide bonds. The number of hydrogen-bond acceptors (Lipinski definition) is 4. The van der Waals surface area contributed by atoms with Crippen molar-refractivity contribution in [3.63, 3.8) is 0 Å². The maximum atomic E-state index is 11.4. The second-order valence-corrected chi connectivity index (χ2v) is 4.10. The molecule has 1 aliphatic rings. The smallest absolute Gasteiger partial charge is 0.220 e. The molecule has 1 aliphatic heterocycles. The van der Waals surface area contributed by atoms with Crippen LogP contribution < -0.4 is 5.32 Å². The predicted octanol–water partition coefficient (Wildman–Crippen LogP) is 0.0707. The average Bonchev–Trinajstić information content (AvgIpc) is 2.70. The molecule has 1 heterocycles. The summed E-state index contributed by atoms with van der Waals surface area (Å²) in [6.07, 6.45) is 1.75. The summed E-state index contributed by atoms with van der Waals surface area (Å²) >= 11 is 0. The van der Waals surface area contributed by atoms with Crippen LogP contribution in [-0.4, -0.2) is 49.6 Å². The van der Waals surface area contributed by atoms with Crippen molar-refractivity contribution in [3.8, 4) is 0 Å². The Bertz CT molecular complexity index is 214. The number of aliphatic hydroxyl groups is 1. The minimum atomic E-state index is -0.865. The zero-order valence-corrected chi connectivity index (χ0v) is 9.83. The zero-order valence-electron chi connectivity index (χ0n) is 9.83. The molecule has 0 aromatic heterocycles. The number of ether oxygens (including phenoxy) is 2. The van der Waals surface area contributed by atoms with Gasteiger partial charge >= 0.3 is 0 Å². The minimum absolute atomic E-state index is 0.0416. The number of carbonyl (C=O) groups excluding carboxylic acids is 1. The third kappa shape index (κ3) is 4.92. The average molecular weight is 231 g/mol. The summed E-state index contributed by atoms with van der Waals surface area (Å²) in [6.45, 7) is 4.37. The van der Waals surface area contributed by atoms with Crippen LogP contribution >= 0.6 is 0 Å². The van der Waals surface area contributed by atoms with Crippen molar-refractivity contribution in [2.24, 2.45) is 0 Å². The molecule has 1 unspecified atom stereocenters. The Morgan fingerprint density at radius 3 is 3.06 bits per heavy atom. The molecule has 16 heavy (non-hydrogen) atoms. The Morgan fingerprint density at radius 1 is 1.62 bits per heavy atom. The molecule has 1 fully saturated rings. The molecule has 5 heteroatoms. The van der Waals surface area contributed by atoms with Gasteiger partial charge in [0.15, 0.2) is 0 Å². The molecule has 1 rings (SSSR count). The van der Waals surface area contributed by atoms with E-state index in [1.165, 1.54) is 0 Å². The lowest BCUT2D eigenvalue weighted by molar-refractivity contribution is -0.122. The van der Waals surface area contributed by atoms with E-state index in [4.69, 9.17) is 9.47 Å². The molecular formula is C11H21NO4. The van der Waals surface area contributed by atoms with E-state index in [1.54, 1.807) is 0 Å². The van der Waals surface area contributed by atoms with Crippen molar-refractivity contribution in [3.05, 3.63) is 0 Å². The maximum Gasteiger partial charge on any atom is 0.220 e. The SMILES string of the molecule is CCOCCCC(=O)NCC1(O)CCOC1. The number of rotatable bonds is 7. The van der Waals surface area contributed by atoms with Crippen LogP contribution in [0.15, 0.2) is 0 Å². The first-order valence-corrected chi connectivity index (χ1v) is 5.81. The lowest BCUT2D eigenvalue weighted by Gasteiger charge is -2.20. The Morgan fingerprint density at radius 2 is 2.44 bits per heavy atom. The van der Waals surface area contributed by atoms with E-state index in [2.05, 4.69) is 5.32 Å². The van der Waals surface area contributed by atoms with E-state index in [0.29, 0.717) is 45.7 Å². The van der Waals surface area contributed by atoms with Gasteiger partial charge in [0, 0.05) is 39.2 Å². The molecule has 0 aliphatic carbocycles. The third-order valence-electron chi connectivity index (χ3n) is 2.59. The second-order valence-electron chi connectivity index (χ2n) is 4.10. The van der Waals surface area contributed by atoms with Crippen molar-refractivity contribution in [2.45, 2.75) is 31.8 Å². The van der Waals surface area contributed by atoms with Gasteiger partial charge in [0.25, 0.3) is 0 Å². The summed E-state index contributed by atoms with van der Waals surface area (Å²) in [7, 11) is 0. The lowest BCUT2D eigenvalue weighted by Crippen LogP contribution is -2.43. The molecule has 0 aromatic carbocycles. The molecule has 0 spiro atoms. The van der Waals surface area contributed by atoms with Crippen molar-refractivity contribution >= 4 is 5.91 Å². The van der Waals surface area contributed by atoms with Crippen LogP contribution in [0.1, 0.15) is 26.2 Å². The molecule has 0 aromatic rings. The largest absolute Gasteiger partial charge is 0.386 e. The van der Waals surface area contributed by atoms with Crippen molar-refractivity contribution in [1.29, 1.82) is 0 Å². The van der Waals surface area contributed by atoms with E-state index in [0.717, 1.165) is 0 Å². The fourth-order valence-electron chi connectivity index (χ4n) is 1.57. The van der Waals surface area contributed by atoms with Crippen LogP contribution in [0, 0.1) is 0 Å². The Balaban J connectivity index is 2.05. The molecule has 0 saturated carbocycles. The highest BCUT2D eigenvalue weighted by Gasteiger charge is 2.32. The maximum absolute atomic E-state index is 11.4. The molecule has 94 valence electrons. The standard InChI is InChI=1S/C11H21NO4/c1-2-15-6-3-4-10(13)12-8-11(14)5-7-16-9-11/h14H,2-9H2,1H3,(H,12,13). The minimum Gasteiger partial charge on any atom is -0.386 e. The van der Waals surface area contributed by atoms with Crippen LogP contribution in [0.4, 0.5) is 0 Å². The molecule has 1 saturated heterocycles. The zero-order chi connectivity index (χ0) is 11.9. The highest BCUT2D eigenvalue weighted by Crippen LogP contribution is 2.16. The molecule has 1 atom stereocenters. The molecule has 0 bridgehead atoms. The van der Waals surface area contributed by atoms with E-state index in [9.17, 15) is 9.90 Å². The normalized spacial score (nSPS) is 24.6. The van der Waals surface area contributed by atoms with Gasteiger partial charge in [0.05, 0.1) is 6.61 Å². The Hall–Kier alpha value is -0.650. The molecular weight excluding hydrogens is 210 g/mol. The van der Waals surface area contributed by atoms with Crippen molar-refractivity contribution in [2.75, 3.05) is 33.0 Å². The summed E-state index contributed by atoms with van der Waals surface area (Å²) < 4.78 is 10.2. The second kappa shape index (κ2) is 6.83. The monoisotopic (exact) mass is 231 g/mol. The van der Waals surface area contributed by atoms with Gasteiger partial charge in [-0.25, -0.2) is 0 Å². The van der Waals surface area contributed by atoms with Gasteiger partial charge in [0.1, 0.15) is 5.60 Å². The highest BCUT2D eigenvalue weighted by atomic mass is 16.5. The summed E-state index contributed by atoms with van der Waals surface area (Å²) in [6, 6.07) is 0. The van der Waals surface area contributed by atoms with Crippen LogP contribution in [0.5, 0.6) is 0 Å². The summed E-state index contributed by atoms with van der Waals surface area (Å²) in [4.78, 5) is 11.4. The fourth-order valence-corrected chi connectivity index (χ4v) is 1.57. The number of nitrogens with one attached hydrogen (secondary N) is 1. The van der Waals surface area contributed by atoms with Gasteiger partial charge < -0.3 is 19.9 Å². The lowest BCUT2D eigenvalue weighted by atomic mass is 10.0. The summed E-state index contributed by atoms with van der Waals surface area (Å²) in [5, 5.41) is 12.6. The predicted molar refractivity (Wildman–Crippen MR) is 59.1 cm³/mol. The van der Waals surface area contributed by atoms with Crippen LogP contribution in [0.25, 0.3) is 0 Å². The van der Waals surface area contributed by atoms with E-state index in [-0.39, 0.29) is 12.5 Å². The van der Waals surface area contributed by atoms with Crippen LogP contribution in [-0.2, 0) is 14.3 Å². The van der Waals surface area contributed by atoms with Gasteiger partial charge in [-0.05, 0) is 13.3 Å². The molecule has 0 radical (unpaired) electrons. The third-order valence-corrected chi connectivity index (χ3v) is 2.59. The molecule has 2 N–H and O–H groups in total. The van der Waals surface area contributed by atoms with E-state index in [1.807, 2.05) is 6.92 Å². The Kier molecular flexibility index (Phi) is 5.73. The first-order chi connectivity index (χ1) is 7.66. The van der Waals surface area contributed by atoms with E-state index < -0.39 is 5.60 Å². The summed E-state index contributed by atoms with van der Waals surface area (Å²) in [5.41, 5.74) is -0.865. The number of hydrogen-bond donors (Lipinski definition) is 2. The van der Waals surface area contributed by atoms with Gasteiger partial charge in [-0.15, -0.1) is 0 Å². The van der Waals surface area contributed by atoms with Crippen molar-refractivity contribution in [1.82, 2.24) is 5.32 Å². The topological polar surface area (TPSA) is 67.8 Å². The van der Waals surface area contributed by atoms with E-state index >= 15 is 0 Å². The van der Waals surface area contributed by atoms with Crippen molar-refractivity contribution < 1.29 is 19.4 Å². The van der Waals surface area contributed by atoms with Gasteiger partial charge in [-0.3, -0.25) is 4.79 Å². The Labute approximate surface area is 96.1 Å². The van der Waals surface area contributed by atoms with Gasteiger partial charge in [0.2, 0.25) is 5.91 Å². The fraction of sp³-hybridized carbons (Fsp3) is 0.909. The quantitative estimate of drug-likeness (QED) is 0.608. The first kappa shape index (κ1) is 13.4. The molecule has 5 nitrogen and oxygen atoms in total. The first-order valence-electron chi connectivity index (χ1n) is 5.81. The van der Waals surface area contributed by atoms with Gasteiger partial charge in [-0.2, -0.15) is 0 Å². The van der Waals surface area contributed by atoms with Crippen LogP contribution in [0.2, 0.25) is 0 Å². The highest BCUT2D eigenvalue weighted by molar-refractivity contribution is 5.75. The number of carbonyl (C=O) groups is 1. The van der Waals surface area contributed by atoms with Gasteiger partial charge in [-0.1, -0.05) is 0 Å². The number of amides is 1. The van der Waals surface area contributed by atoms with Crippen LogP contribution in [0.3, 0.4) is 0 Å².